The molecule has 6 amide bonds. The SMILES string of the molecule is Cc1ccc(CN2CC(=O)N(CCCN)CC(=O)N(Cc3ccc(C)cc3)CC(=O)N(CCCN)CC(=O)N(Cc3ccc(C)cc3)CC(=O)N(CCCN)CC2=O)cc1. The molecule has 1 aliphatic rings. The first kappa shape index (κ1) is 47.0. The predicted octanol–water partition coefficient (Wildman–Crippen LogP) is 1.54. The Bertz CT molecular complexity index is 1670. The molecule has 0 saturated carbocycles. The summed E-state index contributed by atoms with van der Waals surface area (Å²) in [4.78, 5) is 94.2. The standard InChI is InChI=1S/C45H63N9O6/c1-34-7-13-37(14-8-34)25-52-31-40(55)50(23-5-20-47)29-44(59)54(27-39-17-11-36(3)12-18-39)33-42(57)51(24-6-21-48)30-45(60)53(26-38-15-9-35(2)10-16-38)32-41(56)49(22-4-19-46)28-43(52)58/h7-18H,4-6,19-33,46-48H2,1-3H3. The van der Waals surface area contributed by atoms with Gasteiger partial charge in [0.25, 0.3) is 0 Å². The van der Waals surface area contributed by atoms with Gasteiger partial charge in [0.05, 0.1) is 19.6 Å². The van der Waals surface area contributed by atoms with E-state index in [0.29, 0.717) is 19.3 Å². The first-order valence-electron chi connectivity index (χ1n) is 20.7. The van der Waals surface area contributed by atoms with E-state index < -0.39 is 35.4 Å². The highest BCUT2D eigenvalue weighted by Gasteiger charge is 2.31. The second-order valence-corrected chi connectivity index (χ2v) is 15.6. The number of nitrogens with zero attached hydrogens (tertiary/aromatic N) is 6. The highest BCUT2D eigenvalue weighted by atomic mass is 16.2. The number of amides is 6. The number of aryl methyl sites for hydroxylation is 3. The van der Waals surface area contributed by atoms with E-state index in [9.17, 15) is 28.8 Å². The molecular weight excluding hydrogens is 763 g/mol. The molecule has 1 saturated heterocycles. The molecule has 0 radical (unpaired) electrons. The molecular formula is C45H63N9O6. The van der Waals surface area contributed by atoms with Crippen LogP contribution in [0.3, 0.4) is 0 Å². The summed E-state index contributed by atoms with van der Waals surface area (Å²) in [6.45, 7) is 4.90. The van der Waals surface area contributed by atoms with Crippen LogP contribution in [0.1, 0.15) is 52.6 Å². The Kier molecular flexibility index (Phi) is 18.7. The lowest BCUT2D eigenvalue weighted by molar-refractivity contribution is -0.150. The first-order chi connectivity index (χ1) is 28.8. The fourth-order valence-corrected chi connectivity index (χ4v) is 6.74. The molecule has 0 spiro atoms. The van der Waals surface area contributed by atoms with Crippen molar-refractivity contribution in [3.05, 3.63) is 106 Å². The van der Waals surface area contributed by atoms with Crippen molar-refractivity contribution in [3.63, 3.8) is 0 Å². The van der Waals surface area contributed by atoms with Gasteiger partial charge < -0.3 is 46.6 Å². The number of rotatable bonds is 15. The van der Waals surface area contributed by atoms with Gasteiger partial charge in [-0.05, 0) is 76.4 Å². The van der Waals surface area contributed by atoms with Gasteiger partial charge in [0.15, 0.2) is 0 Å². The van der Waals surface area contributed by atoms with Crippen molar-refractivity contribution in [2.45, 2.75) is 59.7 Å². The minimum absolute atomic E-state index is 0.0627. The van der Waals surface area contributed by atoms with Crippen molar-refractivity contribution in [3.8, 4) is 0 Å². The second kappa shape index (κ2) is 23.8. The summed E-state index contributed by atoms with van der Waals surface area (Å²) in [5.41, 5.74) is 23.0. The highest BCUT2D eigenvalue weighted by molar-refractivity contribution is 5.93. The van der Waals surface area contributed by atoms with Crippen LogP contribution in [-0.4, -0.2) is 143 Å². The van der Waals surface area contributed by atoms with Crippen molar-refractivity contribution < 1.29 is 28.8 Å². The minimum atomic E-state index is -0.489. The predicted molar refractivity (Wildman–Crippen MR) is 231 cm³/mol. The quantitative estimate of drug-likeness (QED) is 0.204. The van der Waals surface area contributed by atoms with Gasteiger partial charge in [-0.2, -0.15) is 0 Å². The van der Waals surface area contributed by atoms with Gasteiger partial charge >= 0.3 is 0 Å². The van der Waals surface area contributed by atoms with Crippen LogP contribution in [0.15, 0.2) is 72.8 Å². The maximum Gasteiger partial charge on any atom is 0.242 e. The summed E-state index contributed by atoms with van der Waals surface area (Å²) in [5.74, 6) is -2.93. The summed E-state index contributed by atoms with van der Waals surface area (Å²) < 4.78 is 0. The number of carbonyl (C=O) groups excluding carboxylic acids is 6. The third kappa shape index (κ3) is 14.9. The van der Waals surface area contributed by atoms with E-state index in [4.69, 9.17) is 17.2 Å². The van der Waals surface area contributed by atoms with Crippen molar-refractivity contribution in [1.82, 2.24) is 29.4 Å². The van der Waals surface area contributed by atoms with Crippen LogP contribution in [0, 0.1) is 20.8 Å². The zero-order valence-electron chi connectivity index (χ0n) is 35.5. The minimum Gasteiger partial charge on any atom is -0.332 e. The number of hydrogen-bond acceptors (Lipinski definition) is 9. The number of hydrogen-bond donors (Lipinski definition) is 3. The van der Waals surface area contributed by atoms with Crippen molar-refractivity contribution >= 4 is 35.4 Å². The number of nitrogens with two attached hydrogens (primary N) is 3. The van der Waals surface area contributed by atoms with Crippen LogP contribution < -0.4 is 17.2 Å². The average molecular weight is 826 g/mol. The average Bonchev–Trinajstić information content (AvgIpc) is 3.23. The Balaban J connectivity index is 1.81. The van der Waals surface area contributed by atoms with Gasteiger partial charge in [0.2, 0.25) is 35.4 Å². The summed E-state index contributed by atoms with van der Waals surface area (Å²) in [7, 11) is 0. The molecule has 4 rings (SSSR count). The lowest BCUT2D eigenvalue weighted by Crippen LogP contribution is -2.53. The van der Waals surface area contributed by atoms with Crippen LogP contribution in [0.25, 0.3) is 0 Å². The van der Waals surface area contributed by atoms with E-state index in [1.807, 2.05) is 93.6 Å². The second-order valence-electron chi connectivity index (χ2n) is 15.6. The summed E-state index contributed by atoms with van der Waals surface area (Å²) in [6.07, 6.45) is 1.16. The summed E-state index contributed by atoms with van der Waals surface area (Å²) in [5, 5.41) is 0. The molecule has 0 aliphatic carbocycles. The zero-order chi connectivity index (χ0) is 43.6. The zero-order valence-corrected chi connectivity index (χ0v) is 35.5. The Labute approximate surface area is 354 Å². The van der Waals surface area contributed by atoms with E-state index in [0.717, 1.165) is 33.4 Å². The topological polar surface area (TPSA) is 200 Å². The van der Waals surface area contributed by atoms with Gasteiger partial charge in [-0.25, -0.2) is 0 Å². The Hall–Kier alpha value is -5.64. The van der Waals surface area contributed by atoms with E-state index in [1.54, 1.807) is 0 Å². The molecule has 15 nitrogen and oxygen atoms in total. The van der Waals surface area contributed by atoms with Gasteiger partial charge in [0, 0.05) is 39.3 Å². The molecule has 0 bridgehead atoms. The summed E-state index contributed by atoms with van der Waals surface area (Å²) >= 11 is 0. The third-order valence-electron chi connectivity index (χ3n) is 10.5. The lowest BCUT2D eigenvalue weighted by atomic mass is 10.1. The molecule has 0 unspecified atom stereocenters. The van der Waals surface area contributed by atoms with E-state index in [2.05, 4.69) is 0 Å². The summed E-state index contributed by atoms with van der Waals surface area (Å²) in [6, 6.07) is 22.7. The largest absolute Gasteiger partial charge is 0.332 e. The molecule has 3 aromatic rings. The van der Waals surface area contributed by atoms with Crippen LogP contribution in [-0.2, 0) is 48.4 Å². The van der Waals surface area contributed by atoms with Crippen molar-refractivity contribution in [2.75, 3.05) is 78.5 Å². The molecule has 0 atom stereocenters. The molecule has 15 heteroatoms. The van der Waals surface area contributed by atoms with E-state index in [-0.39, 0.29) is 98.2 Å². The van der Waals surface area contributed by atoms with Gasteiger partial charge in [-0.1, -0.05) is 89.5 Å². The maximum absolute atomic E-state index is 14.4. The monoisotopic (exact) mass is 825 g/mol. The van der Waals surface area contributed by atoms with Crippen molar-refractivity contribution in [1.29, 1.82) is 0 Å². The van der Waals surface area contributed by atoms with Gasteiger partial charge in [-0.3, -0.25) is 28.8 Å². The Morgan fingerprint density at radius 3 is 0.767 bits per heavy atom. The fraction of sp³-hybridized carbons (Fsp3) is 0.467. The molecule has 1 fully saturated rings. The molecule has 60 heavy (non-hydrogen) atoms. The molecule has 3 aromatic carbocycles. The molecule has 6 N–H and O–H groups in total. The maximum atomic E-state index is 14.4. The molecule has 1 heterocycles. The van der Waals surface area contributed by atoms with Crippen molar-refractivity contribution in [2.24, 2.45) is 17.2 Å². The van der Waals surface area contributed by atoms with Crippen LogP contribution in [0.5, 0.6) is 0 Å². The third-order valence-corrected chi connectivity index (χ3v) is 10.5. The highest BCUT2D eigenvalue weighted by Crippen LogP contribution is 2.15. The Morgan fingerprint density at radius 2 is 0.550 bits per heavy atom. The van der Waals surface area contributed by atoms with Crippen LogP contribution >= 0.6 is 0 Å². The van der Waals surface area contributed by atoms with Crippen LogP contribution in [0.4, 0.5) is 0 Å². The molecule has 1 aliphatic heterocycles. The Morgan fingerprint density at radius 1 is 0.350 bits per heavy atom. The lowest BCUT2D eigenvalue weighted by Gasteiger charge is -2.34. The smallest absolute Gasteiger partial charge is 0.242 e. The van der Waals surface area contributed by atoms with Crippen LogP contribution in [0.2, 0.25) is 0 Å². The molecule has 0 aromatic heterocycles. The number of benzene rings is 3. The first-order valence-corrected chi connectivity index (χ1v) is 20.7. The normalized spacial score (nSPS) is 15.9. The fourth-order valence-electron chi connectivity index (χ4n) is 6.74. The van der Waals surface area contributed by atoms with E-state index in [1.165, 1.54) is 29.4 Å². The van der Waals surface area contributed by atoms with Gasteiger partial charge in [0.1, 0.15) is 19.6 Å². The molecule has 324 valence electrons. The van der Waals surface area contributed by atoms with E-state index >= 15 is 0 Å². The number of carbonyl (C=O) groups is 6. The van der Waals surface area contributed by atoms with Gasteiger partial charge in [-0.15, -0.1) is 0 Å².